The highest BCUT2D eigenvalue weighted by atomic mass is 19.1. The van der Waals surface area contributed by atoms with Crippen molar-refractivity contribution in [2.45, 2.75) is 13.0 Å². The summed E-state index contributed by atoms with van der Waals surface area (Å²) in [6.45, 7) is 1.47. The standard InChI is InChI=1S/C9H8FNO.C4H9NO2/c10-8-3-1-2-7(4-8)5-11-6-9(11)12;1-7-3-2-4(5)6/h1-4H,5-6H2;2-3H2,1H3,(H2,5,6). The SMILES string of the molecule is COCCC(N)=O.O=C1CN1Cc1cccc(F)c1. The maximum atomic E-state index is 12.6. The summed E-state index contributed by atoms with van der Waals surface area (Å²) in [4.78, 5) is 22.2. The molecule has 0 spiro atoms. The van der Waals surface area contributed by atoms with E-state index >= 15 is 0 Å². The summed E-state index contributed by atoms with van der Waals surface area (Å²) in [5.41, 5.74) is 5.61. The molecular weight excluding hydrogens is 251 g/mol. The van der Waals surface area contributed by atoms with Crippen molar-refractivity contribution in [3.8, 4) is 0 Å². The van der Waals surface area contributed by atoms with Gasteiger partial charge in [-0.1, -0.05) is 12.1 Å². The Bertz CT molecular complexity index is 451. The van der Waals surface area contributed by atoms with Crippen LogP contribution >= 0.6 is 0 Å². The summed E-state index contributed by atoms with van der Waals surface area (Å²) >= 11 is 0. The van der Waals surface area contributed by atoms with E-state index in [2.05, 4.69) is 4.74 Å². The van der Waals surface area contributed by atoms with Gasteiger partial charge in [-0.2, -0.15) is 0 Å². The number of ether oxygens (including phenoxy) is 1. The number of carbonyl (C=O) groups is 2. The summed E-state index contributed by atoms with van der Waals surface area (Å²) in [6, 6.07) is 6.31. The van der Waals surface area contributed by atoms with Gasteiger partial charge >= 0.3 is 0 Å². The second kappa shape index (κ2) is 7.48. The van der Waals surface area contributed by atoms with Crippen molar-refractivity contribution in [2.75, 3.05) is 20.3 Å². The topological polar surface area (TPSA) is 72.4 Å². The summed E-state index contributed by atoms with van der Waals surface area (Å²) < 4.78 is 17.2. The zero-order valence-corrected chi connectivity index (χ0v) is 10.8. The summed E-state index contributed by atoms with van der Waals surface area (Å²) in [5, 5.41) is 0. The van der Waals surface area contributed by atoms with E-state index in [1.165, 1.54) is 19.2 Å². The Morgan fingerprint density at radius 2 is 2.21 bits per heavy atom. The molecule has 6 heteroatoms. The van der Waals surface area contributed by atoms with Crippen LogP contribution < -0.4 is 5.73 Å². The molecule has 1 aromatic rings. The highest BCUT2D eigenvalue weighted by molar-refractivity contribution is 5.92. The Labute approximate surface area is 111 Å². The second-order valence-corrected chi connectivity index (χ2v) is 4.09. The number of methoxy groups -OCH3 is 1. The molecule has 0 radical (unpaired) electrons. The van der Waals surface area contributed by atoms with Gasteiger partial charge in [-0.25, -0.2) is 4.39 Å². The van der Waals surface area contributed by atoms with Gasteiger partial charge in [0.2, 0.25) is 11.8 Å². The number of benzene rings is 1. The molecule has 19 heavy (non-hydrogen) atoms. The molecule has 1 saturated heterocycles. The van der Waals surface area contributed by atoms with E-state index in [0.717, 1.165) is 5.56 Å². The molecule has 0 atom stereocenters. The van der Waals surface area contributed by atoms with Gasteiger partial charge < -0.3 is 15.4 Å². The average Bonchev–Trinajstić information content (AvgIpc) is 3.03. The molecule has 1 aliphatic heterocycles. The number of hydrogen-bond donors (Lipinski definition) is 1. The number of hydrogen-bond acceptors (Lipinski definition) is 3. The predicted molar refractivity (Wildman–Crippen MR) is 67.5 cm³/mol. The van der Waals surface area contributed by atoms with Gasteiger partial charge in [0.1, 0.15) is 12.4 Å². The van der Waals surface area contributed by atoms with Gasteiger partial charge in [-0.15, -0.1) is 0 Å². The van der Waals surface area contributed by atoms with Crippen LogP contribution in [0.15, 0.2) is 24.3 Å². The molecular formula is C13H17FN2O3. The van der Waals surface area contributed by atoms with E-state index in [4.69, 9.17) is 5.73 Å². The van der Waals surface area contributed by atoms with Gasteiger partial charge in [-0.05, 0) is 17.7 Å². The Hall–Kier alpha value is -1.95. The van der Waals surface area contributed by atoms with Crippen molar-refractivity contribution in [2.24, 2.45) is 5.73 Å². The van der Waals surface area contributed by atoms with Crippen LogP contribution in [0.1, 0.15) is 12.0 Å². The Kier molecular flexibility index (Phi) is 5.95. The molecule has 1 heterocycles. The smallest absolute Gasteiger partial charge is 0.242 e. The minimum Gasteiger partial charge on any atom is -0.384 e. The first-order chi connectivity index (χ1) is 9.02. The summed E-state index contributed by atoms with van der Waals surface area (Å²) in [7, 11) is 1.53. The van der Waals surface area contributed by atoms with Crippen LogP contribution in [0.4, 0.5) is 4.39 Å². The molecule has 5 nitrogen and oxygen atoms in total. The van der Waals surface area contributed by atoms with E-state index in [-0.39, 0.29) is 17.6 Å². The minimum absolute atomic E-state index is 0.138. The molecule has 2 N–H and O–H groups in total. The Morgan fingerprint density at radius 1 is 1.53 bits per heavy atom. The number of amides is 2. The van der Waals surface area contributed by atoms with Gasteiger partial charge in [0.05, 0.1) is 6.61 Å². The van der Waals surface area contributed by atoms with Crippen LogP contribution in [0.3, 0.4) is 0 Å². The third kappa shape index (κ3) is 6.52. The lowest BCUT2D eigenvalue weighted by Gasteiger charge is -1.99. The predicted octanol–water partition coefficient (Wildman–Crippen LogP) is 0.676. The van der Waals surface area contributed by atoms with Crippen molar-refractivity contribution in [1.82, 2.24) is 4.90 Å². The van der Waals surface area contributed by atoms with Gasteiger partial charge in [0, 0.05) is 20.1 Å². The van der Waals surface area contributed by atoms with Gasteiger partial charge in [0.25, 0.3) is 0 Å². The number of carbonyl (C=O) groups excluding carboxylic acids is 2. The molecule has 1 aliphatic rings. The van der Waals surface area contributed by atoms with Crippen molar-refractivity contribution in [3.63, 3.8) is 0 Å². The van der Waals surface area contributed by atoms with E-state index in [0.29, 0.717) is 26.1 Å². The second-order valence-electron chi connectivity index (χ2n) is 4.09. The molecule has 1 fully saturated rings. The van der Waals surface area contributed by atoms with Crippen LogP contribution in [0.5, 0.6) is 0 Å². The normalized spacial score (nSPS) is 12.7. The van der Waals surface area contributed by atoms with Crippen LogP contribution in [0, 0.1) is 5.82 Å². The number of halogens is 1. The fourth-order valence-electron chi connectivity index (χ4n) is 1.33. The van der Waals surface area contributed by atoms with E-state index in [1.807, 2.05) is 6.07 Å². The van der Waals surface area contributed by atoms with E-state index < -0.39 is 0 Å². The van der Waals surface area contributed by atoms with E-state index in [9.17, 15) is 14.0 Å². The minimum atomic E-state index is -0.318. The van der Waals surface area contributed by atoms with E-state index in [1.54, 1.807) is 11.0 Å². The van der Waals surface area contributed by atoms with Gasteiger partial charge in [-0.3, -0.25) is 9.59 Å². The van der Waals surface area contributed by atoms with Crippen LogP contribution in [-0.4, -0.2) is 37.0 Å². The number of nitrogens with zero attached hydrogens (tertiary/aromatic N) is 1. The van der Waals surface area contributed by atoms with Gasteiger partial charge in [0.15, 0.2) is 0 Å². The maximum absolute atomic E-state index is 12.6. The zero-order chi connectivity index (χ0) is 14.3. The first kappa shape index (κ1) is 15.1. The average molecular weight is 268 g/mol. The summed E-state index contributed by atoms with van der Waals surface area (Å²) in [6.07, 6.45) is 0.316. The quantitative estimate of drug-likeness (QED) is 0.798. The Balaban J connectivity index is 0.000000224. The lowest BCUT2D eigenvalue weighted by Crippen LogP contribution is -2.12. The highest BCUT2D eigenvalue weighted by Gasteiger charge is 2.29. The van der Waals surface area contributed by atoms with Crippen molar-refractivity contribution in [3.05, 3.63) is 35.6 Å². The molecule has 0 saturated carbocycles. The maximum Gasteiger partial charge on any atom is 0.242 e. The van der Waals surface area contributed by atoms with Crippen molar-refractivity contribution >= 4 is 11.8 Å². The Morgan fingerprint density at radius 3 is 2.63 bits per heavy atom. The highest BCUT2D eigenvalue weighted by Crippen LogP contribution is 2.13. The molecule has 1 aromatic carbocycles. The van der Waals surface area contributed by atoms with Crippen LogP contribution in [0.2, 0.25) is 0 Å². The van der Waals surface area contributed by atoms with Crippen LogP contribution in [-0.2, 0) is 20.9 Å². The summed E-state index contributed by atoms with van der Waals surface area (Å²) in [5.74, 6) is -0.428. The lowest BCUT2D eigenvalue weighted by atomic mass is 10.2. The number of rotatable bonds is 5. The lowest BCUT2D eigenvalue weighted by molar-refractivity contribution is -0.119. The number of nitrogens with two attached hydrogens (primary N) is 1. The molecule has 0 aliphatic carbocycles. The van der Waals surface area contributed by atoms with Crippen molar-refractivity contribution < 1.29 is 18.7 Å². The molecule has 0 aromatic heterocycles. The third-order valence-electron chi connectivity index (χ3n) is 2.39. The molecule has 0 bridgehead atoms. The largest absolute Gasteiger partial charge is 0.384 e. The fraction of sp³-hybridized carbons (Fsp3) is 0.385. The van der Waals surface area contributed by atoms with Crippen molar-refractivity contribution in [1.29, 1.82) is 0 Å². The molecule has 2 rings (SSSR count). The monoisotopic (exact) mass is 268 g/mol. The molecule has 2 amide bonds. The number of primary amides is 1. The first-order valence-electron chi connectivity index (χ1n) is 5.82. The van der Waals surface area contributed by atoms with Crippen LogP contribution in [0.25, 0.3) is 0 Å². The third-order valence-corrected chi connectivity index (χ3v) is 2.39. The first-order valence-corrected chi connectivity index (χ1v) is 5.82. The molecule has 104 valence electrons. The fourth-order valence-corrected chi connectivity index (χ4v) is 1.33. The zero-order valence-electron chi connectivity index (χ0n) is 10.8. The molecule has 0 unspecified atom stereocenters.